The zero-order chi connectivity index (χ0) is 29.1. The third-order valence-corrected chi connectivity index (χ3v) is 7.98. The summed E-state index contributed by atoms with van der Waals surface area (Å²) in [6, 6.07) is 14.7. The first-order valence-corrected chi connectivity index (χ1v) is 15.7. The predicted octanol–water partition coefficient (Wildman–Crippen LogP) is 5.03. The van der Waals surface area contributed by atoms with Crippen LogP contribution < -0.4 is 15.4 Å². The summed E-state index contributed by atoms with van der Waals surface area (Å²) < 4.78 is 32.7. The second-order valence-electron chi connectivity index (χ2n) is 9.39. The largest absolute Gasteiger partial charge is 0.494 e. The normalized spacial score (nSPS) is 15.0. The topological polar surface area (TPSA) is 127 Å². The van der Waals surface area contributed by atoms with Crippen LogP contribution in [0.2, 0.25) is 0 Å². The van der Waals surface area contributed by atoms with Gasteiger partial charge < -0.3 is 24.8 Å². The predicted molar refractivity (Wildman–Crippen MR) is 161 cm³/mol. The van der Waals surface area contributed by atoms with Crippen LogP contribution in [0.4, 0.5) is 22.2 Å². The maximum absolute atomic E-state index is 13.1. The van der Waals surface area contributed by atoms with E-state index in [1.54, 1.807) is 31.3 Å². The molecule has 2 aromatic carbocycles. The second kappa shape index (κ2) is 14.8. The molecule has 1 aliphatic rings. The number of nitrogens with one attached hydrogen (secondary N) is 2. The Morgan fingerprint density at radius 2 is 1.90 bits per heavy atom. The lowest BCUT2D eigenvalue weighted by Gasteiger charge is -2.26. The van der Waals surface area contributed by atoms with Crippen LogP contribution >= 0.6 is 0 Å². The molecule has 11 nitrogen and oxygen atoms in total. The number of carbonyl (C=O) groups excluding carboxylic acids is 1. The third kappa shape index (κ3) is 8.87. The molecule has 2 N–H and O–H groups in total. The lowest BCUT2D eigenvalue weighted by molar-refractivity contribution is 0.0378. The van der Waals surface area contributed by atoms with Gasteiger partial charge in [0.25, 0.3) is 0 Å². The average Bonchev–Trinajstić information content (AvgIpc) is 2.97. The molecule has 0 saturated carbocycles. The molecule has 4 rings (SSSR count). The van der Waals surface area contributed by atoms with Crippen LogP contribution in [0.3, 0.4) is 0 Å². The van der Waals surface area contributed by atoms with E-state index in [0.717, 1.165) is 62.7 Å². The Morgan fingerprint density at radius 3 is 2.63 bits per heavy atom. The molecular formula is C29H38N6O5S. The van der Waals surface area contributed by atoms with Crippen molar-refractivity contribution in [2.24, 2.45) is 4.36 Å². The summed E-state index contributed by atoms with van der Waals surface area (Å²) in [5.74, 6) is 1.87. The van der Waals surface area contributed by atoms with E-state index in [9.17, 15) is 9.00 Å². The van der Waals surface area contributed by atoms with E-state index in [4.69, 9.17) is 19.2 Å². The van der Waals surface area contributed by atoms with Crippen molar-refractivity contribution < 1.29 is 23.2 Å². The van der Waals surface area contributed by atoms with Crippen molar-refractivity contribution in [3.8, 4) is 16.9 Å². The molecule has 0 spiro atoms. The maximum Gasteiger partial charge on any atom is 0.442 e. The van der Waals surface area contributed by atoms with Gasteiger partial charge in [0.05, 0.1) is 36.2 Å². The number of rotatable bonds is 12. The first-order valence-electron chi connectivity index (χ1n) is 13.8. The molecule has 0 aliphatic carbocycles. The van der Waals surface area contributed by atoms with Crippen molar-refractivity contribution in [1.82, 2.24) is 14.9 Å². The van der Waals surface area contributed by atoms with E-state index in [2.05, 4.69) is 24.9 Å². The number of hydrogen-bond donors (Lipinski definition) is 2. The molecule has 12 heteroatoms. The second-order valence-corrected chi connectivity index (χ2v) is 11.7. The lowest BCUT2D eigenvalue weighted by Crippen LogP contribution is -2.37. The van der Waals surface area contributed by atoms with Gasteiger partial charge in [0, 0.05) is 48.2 Å². The fraction of sp³-hybridized carbons (Fsp3) is 0.414. The number of aromatic nitrogens is 2. The van der Waals surface area contributed by atoms with E-state index in [0.29, 0.717) is 29.0 Å². The Labute approximate surface area is 241 Å². The fourth-order valence-electron chi connectivity index (χ4n) is 4.30. The monoisotopic (exact) mass is 582 g/mol. The molecule has 1 aliphatic heterocycles. The highest BCUT2D eigenvalue weighted by molar-refractivity contribution is 7.93. The van der Waals surface area contributed by atoms with Crippen molar-refractivity contribution >= 4 is 33.3 Å². The van der Waals surface area contributed by atoms with Gasteiger partial charge in [-0.3, -0.25) is 4.90 Å². The average molecular weight is 583 g/mol. The van der Waals surface area contributed by atoms with Crippen LogP contribution in [0, 0.1) is 0 Å². The number of benzene rings is 2. The smallest absolute Gasteiger partial charge is 0.442 e. The van der Waals surface area contributed by atoms with Gasteiger partial charge in [-0.05, 0) is 62.7 Å². The molecule has 3 aromatic rings. The zero-order valence-electron chi connectivity index (χ0n) is 23.8. The lowest BCUT2D eigenvalue weighted by atomic mass is 10.1. The van der Waals surface area contributed by atoms with Gasteiger partial charge in [0.1, 0.15) is 11.6 Å². The number of hydrogen-bond acceptors (Lipinski definition) is 10. The number of anilines is 3. The van der Waals surface area contributed by atoms with E-state index in [1.807, 2.05) is 37.3 Å². The minimum atomic E-state index is -2.99. The van der Waals surface area contributed by atoms with Gasteiger partial charge in [-0.2, -0.15) is 4.98 Å². The van der Waals surface area contributed by atoms with Crippen LogP contribution in [-0.2, 0) is 19.2 Å². The summed E-state index contributed by atoms with van der Waals surface area (Å²) in [4.78, 5) is 23.9. The molecule has 0 unspecified atom stereocenters. The molecular weight excluding hydrogens is 544 g/mol. The molecule has 220 valence electrons. The van der Waals surface area contributed by atoms with Gasteiger partial charge >= 0.3 is 6.09 Å². The standard InChI is InChI=1S/C29H38N6O5S/c1-4-39-24-12-10-22(11-13-24)26-21-31-28(33-27(26)30-14-7-15-35-16-18-38-19-17-35)32-23-8-6-9-25(20-23)41(3,37)34-29(36)40-5-2/h6,8-13,20-21H,4-5,7,14-19H2,1-3H3,(H2,30,31,32,33)/t41-/m0/s1. The molecule has 0 bridgehead atoms. The van der Waals surface area contributed by atoms with Crippen LogP contribution in [0.5, 0.6) is 5.75 Å². The number of carbonyl (C=O) groups is 1. The molecule has 1 fully saturated rings. The highest BCUT2D eigenvalue weighted by atomic mass is 32.2. The third-order valence-electron chi connectivity index (χ3n) is 6.36. The van der Waals surface area contributed by atoms with Crippen molar-refractivity contribution in [1.29, 1.82) is 0 Å². The molecule has 41 heavy (non-hydrogen) atoms. The van der Waals surface area contributed by atoms with Crippen molar-refractivity contribution in [3.63, 3.8) is 0 Å². The summed E-state index contributed by atoms with van der Waals surface area (Å²) in [5, 5.41) is 6.69. The van der Waals surface area contributed by atoms with Crippen molar-refractivity contribution in [2.75, 3.05) is 69.5 Å². The molecule has 1 amide bonds. The van der Waals surface area contributed by atoms with Crippen molar-refractivity contribution in [2.45, 2.75) is 25.2 Å². The van der Waals surface area contributed by atoms with Gasteiger partial charge in [-0.1, -0.05) is 18.2 Å². The van der Waals surface area contributed by atoms with Crippen LogP contribution in [0.1, 0.15) is 20.3 Å². The van der Waals surface area contributed by atoms with Crippen LogP contribution in [-0.4, -0.2) is 84.0 Å². The van der Waals surface area contributed by atoms with E-state index < -0.39 is 15.8 Å². The fourth-order valence-corrected chi connectivity index (χ4v) is 5.42. The quantitative estimate of drug-likeness (QED) is 0.281. The number of amides is 1. The van der Waals surface area contributed by atoms with Crippen LogP contribution in [0.15, 0.2) is 64.0 Å². The molecule has 0 radical (unpaired) electrons. The summed E-state index contributed by atoms with van der Waals surface area (Å²) in [6.45, 7) is 9.57. The summed E-state index contributed by atoms with van der Waals surface area (Å²) in [6.07, 6.45) is 3.28. The molecule has 2 heterocycles. The Balaban J connectivity index is 1.54. The van der Waals surface area contributed by atoms with Crippen molar-refractivity contribution in [3.05, 3.63) is 54.7 Å². The molecule has 1 atom stereocenters. The number of morpholine rings is 1. The summed E-state index contributed by atoms with van der Waals surface area (Å²) >= 11 is 0. The Bertz CT molecular complexity index is 1420. The highest BCUT2D eigenvalue weighted by Gasteiger charge is 2.14. The number of nitrogens with zero attached hydrogens (tertiary/aromatic N) is 4. The van der Waals surface area contributed by atoms with E-state index in [1.165, 1.54) is 6.26 Å². The Kier molecular flexibility index (Phi) is 10.9. The minimum Gasteiger partial charge on any atom is -0.494 e. The number of ether oxygens (including phenoxy) is 3. The molecule has 1 aromatic heterocycles. The Hall–Kier alpha value is -3.74. The van der Waals surface area contributed by atoms with Crippen LogP contribution in [0.25, 0.3) is 11.1 Å². The maximum atomic E-state index is 13.1. The van der Waals surface area contributed by atoms with E-state index >= 15 is 0 Å². The van der Waals surface area contributed by atoms with Gasteiger partial charge in [0.2, 0.25) is 5.95 Å². The molecule has 1 saturated heterocycles. The highest BCUT2D eigenvalue weighted by Crippen LogP contribution is 2.29. The van der Waals surface area contributed by atoms with Gasteiger partial charge in [-0.25, -0.2) is 14.0 Å². The SMILES string of the molecule is CCOC(=O)N=[S@@](C)(=O)c1cccc(Nc2ncc(-c3ccc(OCC)cc3)c(NCCCN3CCOCC3)n2)c1. The van der Waals surface area contributed by atoms with E-state index in [-0.39, 0.29) is 6.61 Å². The summed E-state index contributed by atoms with van der Waals surface area (Å²) in [7, 11) is -2.99. The first kappa shape index (κ1) is 30.2. The van der Waals surface area contributed by atoms with Gasteiger partial charge in [0.15, 0.2) is 0 Å². The Morgan fingerprint density at radius 1 is 1.12 bits per heavy atom. The zero-order valence-corrected chi connectivity index (χ0v) is 24.6. The minimum absolute atomic E-state index is 0.160. The first-order chi connectivity index (χ1) is 19.9. The van der Waals surface area contributed by atoms with Gasteiger partial charge in [-0.15, -0.1) is 4.36 Å². The summed E-state index contributed by atoms with van der Waals surface area (Å²) in [5.41, 5.74) is 2.44.